The van der Waals surface area contributed by atoms with Gasteiger partial charge in [-0.2, -0.15) is 0 Å². The van der Waals surface area contributed by atoms with Crippen LogP contribution in [-0.2, 0) is 17.7 Å². The van der Waals surface area contributed by atoms with E-state index in [0.717, 1.165) is 48.6 Å². The molecule has 0 unspecified atom stereocenters. The highest BCUT2D eigenvalue weighted by atomic mass is 79.9. The summed E-state index contributed by atoms with van der Waals surface area (Å²) >= 11 is 4.89. The number of likely N-dealkylation sites (tertiary alicyclic amines) is 1. The van der Waals surface area contributed by atoms with E-state index in [1.165, 1.54) is 12.0 Å². The van der Waals surface area contributed by atoms with Gasteiger partial charge in [-0.25, -0.2) is 4.79 Å². The van der Waals surface area contributed by atoms with Crippen LogP contribution >= 0.6 is 27.3 Å². The maximum absolute atomic E-state index is 13.3. The lowest BCUT2D eigenvalue weighted by molar-refractivity contribution is 0.0784. The largest absolute Gasteiger partial charge is 0.453 e. The van der Waals surface area contributed by atoms with E-state index in [2.05, 4.69) is 31.4 Å². The van der Waals surface area contributed by atoms with E-state index >= 15 is 0 Å². The summed E-state index contributed by atoms with van der Waals surface area (Å²) < 4.78 is 5.56. The zero-order valence-electron chi connectivity index (χ0n) is 17.2. The van der Waals surface area contributed by atoms with Gasteiger partial charge in [0.1, 0.15) is 10.4 Å². The molecule has 2 fully saturated rings. The van der Waals surface area contributed by atoms with Crippen molar-refractivity contribution in [1.82, 2.24) is 20.0 Å². The molecule has 4 heterocycles. The molecule has 164 valence electrons. The predicted octanol–water partition coefficient (Wildman–Crippen LogP) is 3.39. The molecule has 2 aliphatic heterocycles. The van der Waals surface area contributed by atoms with E-state index in [1.54, 1.807) is 16.2 Å². The summed E-state index contributed by atoms with van der Waals surface area (Å²) in [5, 5.41) is 11.8. The van der Waals surface area contributed by atoms with Gasteiger partial charge in [-0.05, 0) is 64.9 Å². The Hall–Kier alpha value is -2.20. The summed E-state index contributed by atoms with van der Waals surface area (Å²) in [4.78, 5) is 30.8. The number of nitrogens with one attached hydrogen (secondary N) is 1. The lowest BCUT2D eigenvalue weighted by Gasteiger charge is -2.25. The second-order valence-electron chi connectivity index (χ2n) is 8.40. The number of fused-ring (bicyclic) bond motifs is 2. The third kappa shape index (κ3) is 4.03. The summed E-state index contributed by atoms with van der Waals surface area (Å²) in [6.07, 6.45) is 2.66. The third-order valence-corrected chi connectivity index (χ3v) is 8.27. The molecule has 1 saturated heterocycles. The SMILES string of the molecule is COC(=O)N1CCc2sc(C(=O)N3C[C@@H]4CC[C@@H](Nc5ccc(Br)nn5)[C@@H]4C3)cc2C1. The Morgan fingerprint density at radius 1 is 1.23 bits per heavy atom. The molecule has 1 N–H and O–H groups in total. The number of nitrogens with zero attached hydrogens (tertiary/aromatic N) is 4. The molecule has 5 rings (SSSR count). The number of hydrogen-bond donors (Lipinski definition) is 1. The van der Waals surface area contributed by atoms with Crippen LogP contribution in [0.5, 0.6) is 0 Å². The average Bonchev–Trinajstić information content (AvgIpc) is 3.48. The molecule has 31 heavy (non-hydrogen) atoms. The summed E-state index contributed by atoms with van der Waals surface area (Å²) in [6, 6.07) is 6.09. The number of amides is 2. The van der Waals surface area contributed by atoms with Gasteiger partial charge >= 0.3 is 6.09 Å². The first-order chi connectivity index (χ1) is 15.0. The van der Waals surface area contributed by atoms with Gasteiger partial charge < -0.3 is 19.9 Å². The van der Waals surface area contributed by atoms with E-state index in [9.17, 15) is 9.59 Å². The average molecular weight is 506 g/mol. The Morgan fingerprint density at radius 3 is 2.87 bits per heavy atom. The van der Waals surface area contributed by atoms with Gasteiger partial charge in [-0.1, -0.05) is 0 Å². The van der Waals surface area contributed by atoms with Crippen molar-refractivity contribution in [3.8, 4) is 0 Å². The van der Waals surface area contributed by atoms with Gasteiger partial charge in [-0.3, -0.25) is 4.79 Å². The maximum atomic E-state index is 13.3. The van der Waals surface area contributed by atoms with Crippen molar-refractivity contribution in [3.05, 3.63) is 38.1 Å². The predicted molar refractivity (Wildman–Crippen MR) is 120 cm³/mol. The summed E-state index contributed by atoms with van der Waals surface area (Å²) in [5.41, 5.74) is 1.07. The van der Waals surface area contributed by atoms with Crippen LogP contribution in [0.15, 0.2) is 22.8 Å². The maximum Gasteiger partial charge on any atom is 0.409 e. The molecular weight excluding hydrogens is 482 g/mol. The Labute approximate surface area is 193 Å². The van der Waals surface area contributed by atoms with E-state index in [4.69, 9.17) is 4.74 Å². The monoisotopic (exact) mass is 505 g/mol. The van der Waals surface area contributed by atoms with Gasteiger partial charge in [-0.15, -0.1) is 21.5 Å². The number of thiophene rings is 1. The Balaban J connectivity index is 1.24. The number of methoxy groups -OCH3 is 1. The fourth-order valence-corrected chi connectivity index (χ4v) is 6.42. The minimum absolute atomic E-state index is 0.112. The first-order valence-electron chi connectivity index (χ1n) is 10.5. The van der Waals surface area contributed by atoms with Gasteiger partial charge in [0.15, 0.2) is 0 Å². The smallest absolute Gasteiger partial charge is 0.409 e. The van der Waals surface area contributed by atoms with E-state index in [-0.39, 0.29) is 12.0 Å². The van der Waals surface area contributed by atoms with Gasteiger partial charge in [0.25, 0.3) is 5.91 Å². The fraction of sp³-hybridized carbons (Fsp3) is 0.524. The first-order valence-corrected chi connectivity index (χ1v) is 12.1. The number of ether oxygens (including phenoxy) is 1. The summed E-state index contributed by atoms with van der Waals surface area (Å²) in [5.74, 6) is 1.84. The van der Waals surface area contributed by atoms with Crippen LogP contribution in [0, 0.1) is 11.8 Å². The molecule has 2 aromatic rings. The topological polar surface area (TPSA) is 87.7 Å². The Kier molecular flexibility index (Phi) is 5.60. The number of halogens is 1. The first kappa shape index (κ1) is 20.7. The third-order valence-electron chi connectivity index (χ3n) is 6.62. The lowest BCUT2D eigenvalue weighted by Crippen LogP contribution is -2.35. The van der Waals surface area contributed by atoms with Crippen molar-refractivity contribution in [3.63, 3.8) is 0 Å². The van der Waals surface area contributed by atoms with Crippen molar-refractivity contribution in [2.24, 2.45) is 11.8 Å². The van der Waals surface area contributed by atoms with Crippen molar-refractivity contribution < 1.29 is 14.3 Å². The van der Waals surface area contributed by atoms with Crippen LogP contribution in [0.4, 0.5) is 10.6 Å². The normalized spacial score (nSPS) is 24.6. The van der Waals surface area contributed by atoms with Crippen molar-refractivity contribution in [2.45, 2.75) is 31.8 Å². The minimum atomic E-state index is -0.314. The van der Waals surface area contributed by atoms with Gasteiger partial charge in [0.05, 0.1) is 18.5 Å². The number of rotatable bonds is 3. The zero-order chi connectivity index (χ0) is 21.5. The number of anilines is 1. The molecular formula is C21H24BrN5O3S. The quantitative estimate of drug-likeness (QED) is 0.687. The van der Waals surface area contributed by atoms with Crippen molar-refractivity contribution in [1.29, 1.82) is 0 Å². The van der Waals surface area contributed by atoms with Crippen molar-refractivity contribution >= 4 is 45.1 Å². The number of hydrogen-bond acceptors (Lipinski definition) is 7. The van der Waals surface area contributed by atoms with Crippen LogP contribution in [0.3, 0.4) is 0 Å². The molecule has 0 spiro atoms. The molecule has 2 aromatic heterocycles. The molecule has 1 aliphatic carbocycles. The minimum Gasteiger partial charge on any atom is -0.453 e. The zero-order valence-corrected chi connectivity index (χ0v) is 19.6. The molecule has 10 heteroatoms. The highest BCUT2D eigenvalue weighted by molar-refractivity contribution is 9.10. The van der Waals surface area contributed by atoms with Crippen molar-refractivity contribution in [2.75, 3.05) is 32.1 Å². The highest BCUT2D eigenvalue weighted by Crippen LogP contribution is 2.40. The lowest BCUT2D eigenvalue weighted by atomic mass is 9.98. The number of carbonyl (C=O) groups excluding carboxylic acids is 2. The standard InChI is InChI=1S/C21H24BrN5O3S/c1-30-21(29)26-7-6-16-13(10-26)8-17(31-16)20(28)27-9-12-2-3-15(14(12)11-27)23-19-5-4-18(22)24-25-19/h4-5,8,12,14-15H,2-3,6-7,9-11H2,1H3,(H,23,25)/t12-,14+,15+/m0/s1. The summed E-state index contributed by atoms with van der Waals surface area (Å²) in [7, 11) is 1.40. The van der Waals surface area contributed by atoms with Crippen LogP contribution in [0.1, 0.15) is 33.0 Å². The molecule has 3 aliphatic rings. The second-order valence-corrected chi connectivity index (χ2v) is 10.4. The molecule has 0 bridgehead atoms. The van der Waals surface area contributed by atoms with Crippen LogP contribution < -0.4 is 5.32 Å². The van der Waals surface area contributed by atoms with E-state index in [1.807, 2.05) is 23.1 Å². The second kappa shape index (κ2) is 8.38. The van der Waals surface area contributed by atoms with Crippen LogP contribution in [-0.4, -0.2) is 64.8 Å². The number of aromatic nitrogens is 2. The van der Waals surface area contributed by atoms with E-state index < -0.39 is 0 Å². The molecule has 0 aromatic carbocycles. The summed E-state index contributed by atoms with van der Waals surface area (Å²) in [6.45, 7) is 2.72. The molecule has 2 amide bonds. The number of carbonyl (C=O) groups is 2. The highest BCUT2D eigenvalue weighted by Gasteiger charge is 2.44. The Morgan fingerprint density at radius 2 is 2.10 bits per heavy atom. The molecule has 3 atom stereocenters. The van der Waals surface area contributed by atoms with Gasteiger partial charge in [0, 0.05) is 36.5 Å². The van der Waals surface area contributed by atoms with Crippen LogP contribution in [0.25, 0.3) is 0 Å². The molecule has 0 radical (unpaired) electrons. The van der Waals surface area contributed by atoms with Crippen LogP contribution in [0.2, 0.25) is 0 Å². The van der Waals surface area contributed by atoms with E-state index in [0.29, 0.717) is 35.6 Å². The fourth-order valence-electron chi connectivity index (χ4n) is 5.07. The van der Waals surface area contributed by atoms with Gasteiger partial charge in [0.2, 0.25) is 0 Å². The Bertz CT molecular complexity index is 997. The molecule has 1 saturated carbocycles. The molecule has 8 nitrogen and oxygen atoms in total.